The van der Waals surface area contributed by atoms with E-state index in [-0.39, 0.29) is 10.7 Å². The van der Waals surface area contributed by atoms with E-state index in [2.05, 4.69) is 10.2 Å². The van der Waals surface area contributed by atoms with Crippen molar-refractivity contribution >= 4 is 17.3 Å². The maximum atomic E-state index is 13.1. The molecule has 1 aliphatic rings. The minimum absolute atomic E-state index is 0.191. The van der Waals surface area contributed by atoms with Gasteiger partial charge in [-0.05, 0) is 6.92 Å². The molecule has 9 nitrogen and oxygen atoms in total. The van der Waals surface area contributed by atoms with Crippen LogP contribution in [0.2, 0.25) is 0 Å². The summed E-state index contributed by atoms with van der Waals surface area (Å²) in [5.41, 5.74) is -6.21. The standard InChI is InChI=1S/C11H11F4N5O4/c1-4-6(20(23)24)7(18(2)16-4)9(21)19-11(22,10(14)15)3-5(17-19)8(12)13/h8,10,22H,3H2,1-2H3/t11-/m1/s1. The maximum Gasteiger partial charge on any atom is 0.322 e. The number of hydrazone groups is 1. The predicted octanol–water partition coefficient (Wildman–Crippen LogP) is 1.06. The van der Waals surface area contributed by atoms with E-state index < -0.39 is 52.9 Å². The van der Waals surface area contributed by atoms with E-state index >= 15 is 0 Å². The molecule has 132 valence electrons. The summed E-state index contributed by atoms with van der Waals surface area (Å²) < 4.78 is 52.5. The fraction of sp³-hybridized carbons (Fsp3) is 0.545. The number of nitro groups is 1. The van der Waals surface area contributed by atoms with Gasteiger partial charge < -0.3 is 5.11 Å². The molecule has 2 heterocycles. The van der Waals surface area contributed by atoms with Crippen LogP contribution in [0, 0.1) is 17.0 Å². The molecule has 1 aliphatic heterocycles. The number of carbonyl (C=O) groups is 1. The van der Waals surface area contributed by atoms with E-state index in [1.807, 2.05) is 0 Å². The highest BCUT2D eigenvalue weighted by Gasteiger charge is 2.54. The molecule has 0 bridgehead atoms. The van der Waals surface area contributed by atoms with Crippen molar-refractivity contribution < 1.29 is 32.4 Å². The molecular weight excluding hydrogens is 342 g/mol. The molecule has 2 rings (SSSR count). The molecule has 0 spiro atoms. The van der Waals surface area contributed by atoms with E-state index in [9.17, 15) is 37.6 Å². The molecule has 0 aliphatic carbocycles. The molecule has 1 aromatic heterocycles. The quantitative estimate of drug-likeness (QED) is 0.494. The van der Waals surface area contributed by atoms with Crippen LogP contribution in [-0.2, 0) is 7.05 Å². The van der Waals surface area contributed by atoms with Crippen molar-refractivity contribution in [2.24, 2.45) is 12.1 Å². The van der Waals surface area contributed by atoms with E-state index in [0.29, 0.717) is 0 Å². The van der Waals surface area contributed by atoms with Gasteiger partial charge in [0.1, 0.15) is 11.4 Å². The highest BCUT2D eigenvalue weighted by Crippen LogP contribution is 2.35. The van der Waals surface area contributed by atoms with Crippen molar-refractivity contribution in [1.82, 2.24) is 14.8 Å². The van der Waals surface area contributed by atoms with Crippen LogP contribution in [0.25, 0.3) is 0 Å². The van der Waals surface area contributed by atoms with Gasteiger partial charge in [0, 0.05) is 13.5 Å². The van der Waals surface area contributed by atoms with Crippen LogP contribution < -0.4 is 0 Å². The third-order valence-electron chi connectivity index (χ3n) is 3.41. The van der Waals surface area contributed by atoms with Gasteiger partial charge in [0.15, 0.2) is 0 Å². The number of halogens is 4. The molecule has 1 aromatic rings. The van der Waals surface area contributed by atoms with Gasteiger partial charge in [-0.1, -0.05) is 0 Å². The summed E-state index contributed by atoms with van der Waals surface area (Å²) in [6.07, 6.45) is -8.19. The topological polar surface area (TPSA) is 114 Å². The normalized spacial score (nSPS) is 20.9. The molecule has 1 atom stereocenters. The Kier molecular flexibility index (Phi) is 4.31. The van der Waals surface area contributed by atoms with Crippen LogP contribution in [0.4, 0.5) is 23.2 Å². The van der Waals surface area contributed by atoms with Crippen LogP contribution in [0.15, 0.2) is 5.10 Å². The first-order valence-corrected chi connectivity index (χ1v) is 6.39. The second-order valence-electron chi connectivity index (χ2n) is 5.03. The van der Waals surface area contributed by atoms with E-state index in [1.165, 1.54) is 6.92 Å². The van der Waals surface area contributed by atoms with Gasteiger partial charge in [-0.2, -0.15) is 15.2 Å². The first kappa shape index (κ1) is 17.8. The minimum Gasteiger partial charge on any atom is -0.364 e. The number of carbonyl (C=O) groups excluding carboxylic acids is 1. The Morgan fingerprint density at radius 3 is 2.46 bits per heavy atom. The Bertz CT molecular complexity index is 734. The average molecular weight is 353 g/mol. The lowest BCUT2D eigenvalue weighted by Crippen LogP contribution is -2.52. The zero-order valence-corrected chi connectivity index (χ0v) is 12.3. The largest absolute Gasteiger partial charge is 0.364 e. The fourth-order valence-electron chi connectivity index (χ4n) is 2.31. The van der Waals surface area contributed by atoms with Crippen molar-refractivity contribution in [1.29, 1.82) is 0 Å². The van der Waals surface area contributed by atoms with Crippen LogP contribution in [-0.4, -0.2) is 55.0 Å². The number of aliphatic hydroxyl groups is 1. The molecular formula is C11H11F4N5O4. The molecule has 0 aromatic carbocycles. The maximum absolute atomic E-state index is 13.1. The average Bonchev–Trinajstić information content (AvgIpc) is 2.96. The number of hydrogen-bond donors (Lipinski definition) is 1. The lowest BCUT2D eigenvalue weighted by atomic mass is 10.1. The number of rotatable bonds is 4. The second-order valence-corrected chi connectivity index (χ2v) is 5.03. The Morgan fingerprint density at radius 1 is 1.42 bits per heavy atom. The molecule has 0 saturated carbocycles. The van der Waals surface area contributed by atoms with Crippen LogP contribution in [0.1, 0.15) is 22.6 Å². The summed E-state index contributed by atoms with van der Waals surface area (Å²) in [6, 6.07) is 0. The predicted molar refractivity (Wildman–Crippen MR) is 69.8 cm³/mol. The fourth-order valence-corrected chi connectivity index (χ4v) is 2.31. The van der Waals surface area contributed by atoms with Crippen molar-refractivity contribution in [3.05, 3.63) is 21.5 Å². The van der Waals surface area contributed by atoms with Crippen LogP contribution in [0.3, 0.4) is 0 Å². The van der Waals surface area contributed by atoms with E-state index in [0.717, 1.165) is 11.7 Å². The third-order valence-corrected chi connectivity index (χ3v) is 3.41. The van der Waals surface area contributed by atoms with Gasteiger partial charge in [-0.15, -0.1) is 0 Å². The molecule has 0 fully saturated rings. The first-order valence-electron chi connectivity index (χ1n) is 6.39. The number of hydrogen-bond acceptors (Lipinski definition) is 6. The van der Waals surface area contributed by atoms with Crippen LogP contribution in [0.5, 0.6) is 0 Å². The SMILES string of the molecule is Cc1nn(C)c(C(=O)N2N=C(C(F)F)C[C@@]2(O)C(F)F)c1[N+](=O)[O-]. The number of aromatic nitrogens is 2. The number of amides is 1. The molecule has 0 unspecified atom stereocenters. The number of alkyl halides is 4. The third kappa shape index (κ3) is 2.60. The van der Waals surface area contributed by atoms with Crippen molar-refractivity contribution in [3.8, 4) is 0 Å². The molecule has 13 heteroatoms. The Hall–Kier alpha value is -2.57. The summed E-state index contributed by atoms with van der Waals surface area (Å²) in [6.45, 7) is 1.20. The Morgan fingerprint density at radius 2 is 2.00 bits per heavy atom. The summed E-state index contributed by atoms with van der Waals surface area (Å²) in [5.74, 6) is -1.54. The Labute approximate surface area is 131 Å². The molecule has 1 amide bonds. The van der Waals surface area contributed by atoms with Gasteiger partial charge in [-0.3, -0.25) is 19.6 Å². The molecule has 0 saturated heterocycles. The first-order chi connectivity index (χ1) is 11.0. The lowest BCUT2D eigenvalue weighted by Gasteiger charge is -2.29. The lowest BCUT2D eigenvalue weighted by molar-refractivity contribution is -0.385. The monoisotopic (exact) mass is 353 g/mol. The molecule has 24 heavy (non-hydrogen) atoms. The minimum atomic E-state index is -3.63. The molecule has 0 radical (unpaired) electrons. The summed E-state index contributed by atoms with van der Waals surface area (Å²) in [7, 11) is 1.13. The number of nitrogens with zero attached hydrogens (tertiary/aromatic N) is 5. The summed E-state index contributed by atoms with van der Waals surface area (Å²) in [5, 5.41) is 27.4. The van der Waals surface area contributed by atoms with Gasteiger partial charge >= 0.3 is 11.6 Å². The van der Waals surface area contributed by atoms with Gasteiger partial charge in [0.05, 0.1) is 4.92 Å². The van der Waals surface area contributed by atoms with E-state index in [4.69, 9.17) is 0 Å². The van der Waals surface area contributed by atoms with Crippen LogP contribution >= 0.6 is 0 Å². The zero-order chi connectivity index (χ0) is 18.4. The summed E-state index contributed by atoms with van der Waals surface area (Å²) >= 11 is 0. The Balaban J connectivity index is 2.57. The number of aryl methyl sites for hydroxylation is 2. The van der Waals surface area contributed by atoms with Gasteiger partial charge in [0.25, 0.3) is 12.9 Å². The highest BCUT2D eigenvalue weighted by atomic mass is 19.3. The van der Waals surface area contributed by atoms with E-state index in [1.54, 1.807) is 0 Å². The summed E-state index contributed by atoms with van der Waals surface area (Å²) in [4.78, 5) is 22.5. The zero-order valence-electron chi connectivity index (χ0n) is 12.3. The van der Waals surface area contributed by atoms with Gasteiger partial charge in [0.2, 0.25) is 11.4 Å². The van der Waals surface area contributed by atoms with Crippen molar-refractivity contribution in [2.45, 2.75) is 31.9 Å². The van der Waals surface area contributed by atoms with Crippen molar-refractivity contribution in [2.75, 3.05) is 0 Å². The second kappa shape index (κ2) is 5.81. The highest BCUT2D eigenvalue weighted by molar-refractivity contribution is 6.00. The van der Waals surface area contributed by atoms with Gasteiger partial charge in [-0.25, -0.2) is 17.6 Å². The smallest absolute Gasteiger partial charge is 0.322 e. The van der Waals surface area contributed by atoms with Crippen molar-refractivity contribution in [3.63, 3.8) is 0 Å². The molecule has 1 N–H and O–H groups in total.